The summed E-state index contributed by atoms with van der Waals surface area (Å²) in [7, 11) is 0. The van der Waals surface area contributed by atoms with E-state index < -0.39 is 10.8 Å². The van der Waals surface area contributed by atoms with Crippen molar-refractivity contribution in [2.75, 3.05) is 11.9 Å². The van der Waals surface area contributed by atoms with Gasteiger partial charge in [-0.3, -0.25) is 14.9 Å². The monoisotopic (exact) mass is 511 g/mol. The number of halogens is 2. The van der Waals surface area contributed by atoms with Gasteiger partial charge in [-0.1, -0.05) is 29.3 Å². The summed E-state index contributed by atoms with van der Waals surface area (Å²) in [5, 5.41) is 23.5. The van der Waals surface area contributed by atoms with Crippen LogP contribution in [0, 0.1) is 21.4 Å². The number of anilines is 1. The van der Waals surface area contributed by atoms with E-state index in [0.717, 1.165) is 5.56 Å². The molecular formula is C25H19Cl2N3O5. The van der Waals surface area contributed by atoms with Crippen molar-refractivity contribution in [3.63, 3.8) is 0 Å². The highest BCUT2D eigenvalue weighted by molar-refractivity contribution is 6.42. The Labute approximate surface area is 211 Å². The fraction of sp³-hybridized carbons (Fsp3) is 0.120. The summed E-state index contributed by atoms with van der Waals surface area (Å²) in [5.74, 6) is 0.258. The van der Waals surface area contributed by atoms with E-state index in [0.29, 0.717) is 34.4 Å². The second-order valence-electron chi connectivity index (χ2n) is 7.10. The predicted molar refractivity (Wildman–Crippen MR) is 134 cm³/mol. The van der Waals surface area contributed by atoms with Crippen molar-refractivity contribution < 1.29 is 19.2 Å². The Morgan fingerprint density at radius 1 is 1.06 bits per heavy atom. The van der Waals surface area contributed by atoms with Crippen molar-refractivity contribution in [3.05, 3.63) is 97.5 Å². The van der Waals surface area contributed by atoms with E-state index in [1.807, 2.05) is 13.0 Å². The first-order valence-electron chi connectivity index (χ1n) is 10.3. The largest absolute Gasteiger partial charge is 0.490 e. The van der Waals surface area contributed by atoms with E-state index in [-0.39, 0.29) is 22.9 Å². The molecule has 0 aliphatic carbocycles. The minimum atomic E-state index is -0.609. The Morgan fingerprint density at radius 2 is 1.80 bits per heavy atom. The Kier molecular flexibility index (Phi) is 8.68. The molecule has 10 heteroatoms. The summed E-state index contributed by atoms with van der Waals surface area (Å²) in [5.41, 5.74) is 1.56. The molecule has 0 saturated heterocycles. The van der Waals surface area contributed by atoms with Crippen LogP contribution in [0.3, 0.4) is 0 Å². The molecule has 3 aromatic carbocycles. The topological polar surface area (TPSA) is 114 Å². The molecule has 1 N–H and O–H groups in total. The highest BCUT2D eigenvalue weighted by Crippen LogP contribution is 2.31. The first-order chi connectivity index (χ1) is 16.8. The fourth-order valence-electron chi connectivity index (χ4n) is 2.96. The molecule has 1 amide bonds. The molecule has 178 valence electrons. The highest BCUT2D eigenvalue weighted by Gasteiger charge is 2.13. The normalized spacial score (nSPS) is 10.9. The third kappa shape index (κ3) is 6.96. The first-order valence-corrected chi connectivity index (χ1v) is 11.1. The molecule has 0 radical (unpaired) electrons. The Balaban J connectivity index is 1.76. The van der Waals surface area contributed by atoms with Gasteiger partial charge in [-0.05, 0) is 66.6 Å². The number of nitro benzene ring substituents is 1. The van der Waals surface area contributed by atoms with Crippen LogP contribution in [-0.4, -0.2) is 17.4 Å². The number of non-ortho nitro benzene ring substituents is 1. The number of hydrogen-bond acceptors (Lipinski definition) is 6. The molecule has 0 aliphatic rings. The molecule has 0 heterocycles. The highest BCUT2D eigenvalue weighted by atomic mass is 35.5. The van der Waals surface area contributed by atoms with Crippen LogP contribution in [0.15, 0.2) is 66.2 Å². The number of benzene rings is 3. The minimum Gasteiger partial charge on any atom is -0.490 e. The molecule has 8 nitrogen and oxygen atoms in total. The van der Waals surface area contributed by atoms with Crippen molar-refractivity contribution in [2.45, 2.75) is 13.5 Å². The average Bonchev–Trinajstić information content (AvgIpc) is 2.84. The zero-order chi connectivity index (χ0) is 25.4. The molecule has 0 atom stereocenters. The van der Waals surface area contributed by atoms with Gasteiger partial charge in [0.25, 0.3) is 11.6 Å². The fourth-order valence-corrected chi connectivity index (χ4v) is 3.26. The van der Waals surface area contributed by atoms with E-state index in [1.54, 1.807) is 42.5 Å². The van der Waals surface area contributed by atoms with Gasteiger partial charge in [-0.25, -0.2) is 0 Å². The molecule has 35 heavy (non-hydrogen) atoms. The van der Waals surface area contributed by atoms with E-state index in [2.05, 4.69) is 5.32 Å². The van der Waals surface area contributed by atoms with E-state index in [4.69, 9.17) is 32.7 Å². The summed E-state index contributed by atoms with van der Waals surface area (Å²) in [4.78, 5) is 22.9. The molecule has 0 bridgehead atoms. The van der Waals surface area contributed by atoms with Crippen LogP contribution in [0.25, 0.3) is 6.08 Å². The number of hydrogen-bond donors (Lipinski definition) is 1. The van der Waals surface area contributed by atoms with Crippen molar-refractivity contribution in [1.82, 2.24) is 0 Å². The van der Waals surface area contributed by atoms with Crippen LogP contribution in [0.5, 0.6) is 11.5 Å². The summed E-state index contributed by atoms with van der Waals surface area (Å²) in [6.07, 6.45) is 1.43. The summed E-state index contributed by atoms with van der Waals surface area (Å²) >= 11 is 11.9. The number of amides is 1. The molecular weight excluding hydrogens is 493 g/mol. The van der Waals surface area contributed by atoms with Gasteiger partial charge in [-0.15, -0.1) is 0 Å². The Morgan fingerprint density at radius 3 is 2.43 bits per heavy atom. The van der Waals surface area contributed by atoms with Crippen molar-refractivity contribution in [2.24, 2.45) is 0 Å². The summed E-state index contributed by atoms with van der Waals surface area (Å²) < 4.78 is 11.5. The molecule has 0 aliphatic heterocycles. The molecule has 0 spiro atoms. The maximum absolute atomic E-state index is 12.6. The van der Waals surface area contributed by atoms with Gasteiger partial charge < -0.3 is 14.8 Å². The van der Waals surface area contributed by atoms with Gasteiger partial charge in [0, 0.05) is 17.8 Å². The van der Waals surface area contributed by atoms with E-state index in [9.17, 15) is 20.2 Å². The SMILES string of the molecule is CCOc1cc(/C=C(\C#N)C(=O)Nc2ccc(Cl)c(Cl)c2)ccc1OCc1ccc([N+](=O)[O-])cc1. The zero-order valence-corrected chi connectivity index (χ0v) is 20.0. The van der Waals surface area contributed by atoms with Crippen LogP contribution >= 0.6 is 23.2 Å². The average molecular weight is 512 g/mol. The number of nitrogens with one attached hydrogen (secondary N) is 1. The molecule has 0 fully saturated rings. The quantitative estimate of drug-likeness (QED) is 0.153. The second-order valence-corrected chi connectivity index (χ2v) is 7.92. The molecule has 3 aromatic rings. The van der Waals surface area contributed by atoms with Gasteiger partial charge in [0.1, 0.15) is 18.2 Å². The lowest BCUT2D eigenvalue weighted by molar-refractivity contribution is -0.384. The van der Waals surface area contributed by atoms with Crippen LogP contribution in [0.4, 0.5) is 11.4 Å². The van der Waals surface area contributed by atoms with Crippen molar-refractivity contribution in [1.29, 1.82) is 5.26 Å². The lowest BCUT2D eigenvalue weighted by Gasteiger charge is -2.13. The van der Waals surface area contributed by atoms with Gasteiger partial charge in [0.15, 0.2) is 11.5 Å². The van der Waals surface area contributed by atoms with Crippen LogP contribution in [0.1, 0.15) is 18.1 Å². The van der Waals surface area contributed by atoms with Crippen LogP contribution in [-0.2, 0) is 11.4 Å². The predicted octanol–water partition coefficient (Wildman–Crippen LogP) is 6.42. The number of nitriles is 1. The van der Waals surface area contributed by atoms with Crippen LogP contribution < -0.4 is 14.8 Å². The number of ether oxygens (including phenoxy) is 2. The molecule has 3 rings (SSSR count). The minimum absolute atomic E-state index is 0.00334. The Bertz CT molecular complexity index is 1320. The third-order valence-electron chi connectivity index (χ3n) is 4.66. The lowest BCUT2D eigenvalue weighted by Crippen LogP contribution is -2.13. The second kappa shape index (κ2) is 11.9. The zero-order valence-electron chi connectivity index (χ0n) is 18.5. The standard InChI is InChI=1S/C25H19Cl2N3O5/c1-2-34-24-12-17(5-10-23(24)35-15-16-3-7-20(8-4-16)30(32)33)11-18(14-28)25(31)29-19-6-9-21(26)22(27)13-19/h3-13H,2,15H2,1H3,(H,29,31)/b18-11+. The van der Waals surface area contributed by atoms with Crippen molar-refractivity contribution >= 4 is 46.6 Å². The Hall–Kier alpha value is -4.06. The lowest BCUT2D eigenvalue weighted by atomic mass is 10.1. The molecule has 0 saturated carbocycles. The number of carbonyl (C=O) groups is 1. The van der Waals surface area contributed by atoms with E-state index >= 15 is 0 Å². The summed E-state index contributed by atoms with van der Waals surface area (Å²) in [6.45, 7) is 2.35. The van der Waals surface area contributed by atoms with Crippen LogP contribution in [0.2, 0.25) is 10.0 Å². The summed E-state index contributed by atoms with van der Waals surface area (Å²) in [6, 6.07) is 17.5. The number of rotatable bonds is 9. The molecule has 0 aromatic heterocycles. The van der Waals surface area contributed by atoms with Gasteiger partial charge >= 0.3 is 0 Å². The number of carbonyl (C=O) groups excluding carboxylic acids is 1. The van der Waals surface area contributed by atoms with E-state index in [1.165, 1.54) is 24.3 Å². The smallest absolute Gasteiger partial charge is 0.269 e. The maximum Gasteiger partial charge on any atom is 0.269 e. The molecule has 0 unspecified atom stereocenters. The number of nitrogens with zero attached hydrogens (tertiary/aromatic N) is 2. The van der Waals surface area contributed by atoms with Gasteiger partial charge in [0.05, 0.1) is 21.6 Å². The maximum atomic E-state index is 12.6. The number of nitro groups is 1. The van der Waals surface area contributed by atoms with Crippen molar-refractivity contribution in [3.8, 4) is 17.6 Å². The van der Waals surface area contributed by atoms with Gasteiger partial charge in [-0.2, -0.15) is 5.26 Å². The first kappa shape index (κ1) is 25.6. The third-order valence-corrected chi connectivity index (χ3v) is 5.40. The van der Waals surface area contributed by atoms with Gasteiger partial charge in [0.2, 0.25) is 0 Å².